The van der Waals surface area contributed by atoms with Crippen LogP contribution in [0.4, 0.5) is 0 Å². The minimum Gasteiger partial charge on any atom is -0.376 e. The fourth-order valence-corrected chi connectivity index (χ4v) is 3.92. The lowest BCUT2D eigenvalue weighted by atomic mass is 9.96. The number of ether oxygens (including phenoxy) is 2. The third-order valence-corrected chi connectivity index (χ3v) is 5.31. The van der Waals surface area contributed by atoms with E-state index in [1.54, 1.807) is 0 Å². The summed E-state index contributed by atoms with van der Waals surface area (Å²) >= 11 is 0. The summed E-state index contributed by atoms with van der Waals surface area (Å²) in [4.78, 5) is 17.1. The average molecular weight is 366 g/mol. The van der Waals surface area contributed by atoms with Gasteiger partial charge in [-0.15, -0.1) is 0 Å². The Labute approximate surface area is 160 Å². The smallest absolute Gasteiger partial charge is 0.254 e. The summed E-state index contributed by atoms with van der Waals surface area (Å²) in [5.41, 5.74) is 2.57. The standard InChI is InChI=1S/C22H26N2O3/c25-22(20-17-26-15-16-27-20)24-13-11-23(12-14-24)21(18-7-3-1-4-8-18)19-9-5-2-6-10-19/h1-10,20-21H,11-17H2/t20-/m0/s1. The van der Waals surface area contributed by atoms with Crippen LogP contribution >= 0.6 is 0 Å². The highest BCUT2D eigenvalue weighted by atomic mass is 16.6. The van der Waals surface area contributed by atoms with Gasteiger partial charge in [-0.05, 0) is 11.1 Å². The van der Waals surface area contributed by atoms with E-state index in [0.29, 0.717) is 19.8 Å². The summed E-state index contributed by atoms with van der Waals surface area (Å²) in [6.07, 6.45) is -0.440. The molecule has 0 N–H and O–H groups in total. The maximum absolute atomic E-state index is 12.7. The van der Waals surface area contributed by atoms with Crippen LogP contribution in [0.25, 0.3) is 0 Å². The molecule has 0 aromatic heterocycles. The monoisotopic (exact) mass is 366 g/mol. The van der Waals surface area contributed by atoms with E-state index in [-0.39, 0.29) is 11.9 Å². The summed E-state index contributed by atoms with van der Waals surface area (Å²) in [6, 6.07) is 21.4. The molecule has 0 saturated carbocycles. The van der Waals surface area contributed by atoms with Crippen molar-refractivity contribution in [2.45, 2.75) is 12.1 Å². The van der Waals surface area contributed by atoms with Gasteiger partial charge in [0.15, 0.2) is 6.10 Å². The Kier molecular flexibility index (Phi) is 5.82. The predicted octanol–water partition coefficient (Wildman–Crippen LogP) is 2.34. The first-order chi connectivity index (χ1) is 13.3. The summed E-state index contributed by atoms with van der Waals surface area (Å²) in [5.74, 6) is 0.0605. The van der Waals surface area contributed by atoms with Gasteiger partial charge in [0.25, 0.3) is 5.91 Å². The Hall–Kier alpha value is -2.21. The lowest BCUT2D eigenvalue weighted by molar-refractivity contribution is -0.159. The molecule has 0 radical (unpaired) electrons. The van der Waals surface area contributed by atoms with Gasteiger partial charge in [0.05, 0.1) is 25.9 Å². The number of hydrogen-bond acceptors (Lipinski definition) is 4. The van der Waals surface area contributed by atoms with Gasteiger partial charge in [-0.25, -0.2) is 0 Å². The Morgan fingerprint density at radius 1 is 0.852 bits per heavy atom. The van der Waals surface area contributed by atoms with E-state index in [4.69, 9.17) is 9.47 Å². The largest absolute Gasteiger partial charge is 0.376 e. The highest BCUT2D eigenvalue weighted by Crippen LogP contribution is 2.29. The minimum absolute atomic E-state index is 0.0605. The molecule has 27 heavy (non-hydrogen) atoms. The second-order valence-corrected chi connectivity index (χ2v) is 7.02. The van der Waals surface area contributed by atoms with Crippen LogP contribution in [-0.2, 0) is 14.3 Å². The van der Waals surface area contributed by atoms with Gasteiger partial charge >= 0.3 is 0 Å². The number of piperazine rings is 1. The summed E-state index contributed by atoms with van der Waals surface area (Å²) in [6.45, 7) is 4.56. The molecule has 1 atom stereocenters. The van der Waals surface area contributed by atoms with Crippen molar-refractivity contribution in [1.29, 1.82) is 0 Å². The molecule has 0 unspecified atom stereocenters. The number of carbonyl (C=O) groups is 1. The molecule has 0 spiro atoms. The molecule has 5 nitrogen and oxygen atoms in total. The van der Waals surface area contributed by atoms with Crippen LogP contribution < -0.4 is 0 Å². The van der Waals surface area contributed by atoms with Crippen LogP contribution in [0.3, 0.4) is 0 Å². The van der Waals surface area contributed by atoms with Crippen molar-refractivity contribution < 1.29 is 14.3 Å². The zero-order valence-electron chi connectivity index (χ0n) is 15.5. The molecule has 2 aromatic carbocycles. The highest BCUT2D eigenvalue weighted by Gasteiger charge is 2.32. The zero-order valence-corrected chi connectivity index (χ0v) is 15.5. The van der Waals surface area contributed by atoms with Crippen LogP contribution in [0.1, 0.15) is 17.2 Å². The van der Waals surface area contributed by atoms with Crippen LogP contribution in [0.15, 0.2) is 60.7 Å². The molecule has 1 amide bonds. The molecule has 4 rings (SSSR count). The van der Waals surface area contributed by atoms with Gasteiger partial charge in [-0.2, -0.15) is 0 Å². The third-order valence-electron chi connectivity index (χ3n) is 5.31. The molecular weight excluding hydrogens is 340 g/mol. The first-order valence-electron chi connectivity index (χ1n) is 9.65. The van der Waals surface area contributed by atoms with Crippen molar-refractivity contribution in [3.05, 3.63) is 71.8 Å². The minimum atomic E-state index is -0.440. The predicted molar refractivity (Wildman–Crippen MR) is 103 cm³/mol. The normalized spacial score (nSPS) is 21.4. The SMILES string of the molecule is O=C([C@@H]1COCCO1)N1CCN(C(c2ccccc2)c2ccccc2)CC1. The van der Waals surface area contributed by atoms with E-state index >= 15 is 0 Å². The van der Waals surface area contributed by atoms with E-state index in [1.807, 2.05) is 4.90 Å². The van der Waals surface area contributed by atoms with E-state index < -0.39 is 6.10 Å². The van der Waals surface area contributed by atoms with Crippen molar-refractivity contribution in [1.82, 2.24) is 9.80 Å². The van der Waals surface area contributed by atoms with Crippen LogP contribution in [0.5, 0.6) is 0 Å². The first-order valence-corrected chi connectivity index (χ1v) is 9.65. The number of hydrogen-bond donors (Lipinski definition) is 0. The Balaban J connectivity index is 1.46. The maximum atomic E-state index is 12.7. The van der Waals surface area contributed by atoms with Crippen molar-refractivity contribution in [2.75, 3.05) is 46.0 Å². The molecule has 2 aromatic rings. The molecule has 0 bridgehead atoms. The van der Waals surface area contributed by atoms with Gasteiger partial charge in [-0.3, -0.25) is 9.69 Å². The molecule has 142 valence electrons. The van der Waals surface area contributed by atoms with E-state index in [9.17, 15) is 4.79 Å². The van der Waals surface area contributed by atoms with Crippen LogP contribution in [0.2, 0.25) is 0 Å². The van der Waals surface area contributed by atoms with E-state index in [1.165, 1.54) is 11.1 Å². The Morgan fingerprint density at radius 2 is 1.44 bits per heavy atom. The number of benzene rings is 2. The number of nitrogens with zero attached hydrogens (tertiary/aromatic N) is 2. The molecule has 2 heterocycles. The van der Waals surface area contributed by atoms with Gasteiger partial charge in [0.1, 0.15) is 0 Å². The lowest BCUT2D eigenvalue weighted by Gasteiger charge is -2.40. The van der Waals surface area contributed by atoms with E-state index in [0.717, 1.165) is 26.2 Å². The van der Waals surface area contributed by atoms with Gasteiger partial charge in [0.2, 0.25) is 0 Å². The van der Waals surface area contributed by atoms with E-state index in [2.05, 4.69) is 65.6 Å². The average Bonchev–Trinajstić information content (AvgIpc) is 2.76. The molecule has 2 aliphatic heterocycles. The fraction of sp³-hybridized carbons (Fsp3) is 0.409. The quantitative estimate of drug-likeness (QED) is 0.833. The molecule has 2 fully saturated rings. The van der Waals surface area contributed by atoms with Crippen molar-refractivity contribution in [3.8, 4) is 0 Å². The van der Waals surface area contributed by atoms with Gasteiger partial charge in [0, 0.05) is 26.2 Å². The summed E-state index contributed by atoms with van der Waals surface area (Å²) in [5, 5.41) is 0. The van der Waals surface area contributed by atoms with Crippen molar-refractivity contribution in [2.24, 2.45) is 0 Å². The van der Waals surface area contributed by atoms with Gasteiger partial charge in [-0.1, -0.05) is 60.7 Å². The summed E-state index contributed by atoms with van der Waals surface area (Å²) in [7, 11) is 0. The molecule has 2 aliphatic rings. The lowest BCUT2D eigenvalue weighted by Crippen LogP contribution is -2.54. The van der Waals surface area contributed by atoms with Crippen LogP contribution in [0, 0.1) is 0 Å². The molecule has 2 saturated heterocycles. The molecule has 5 heteroatoms. The third kappa shape index (κ3) is 4.21. The second kappa shape index (κ2) is 8.65. The highest BCUT2D eigenvalue weighted by molar-refractivity contribution is 5.81. The first kappa shape index (κ1) is 18.2. The Morgan fingerprint density at radius 3 is 1.96 bits per heavy atom. The van der Waals surface area contributed by atoms with Crippen molar-refractivity contribution in [3.63, 3.8) is 0 Å². The van der Waals surface area contributed by atoms with Crippen LogP contribution in [-0.4, -0.2) is 67.8 Å². The second-order valence-electron chi connectivity index (χ2n) is 7.02. The summed E-state index contributed by atoms with van der Waals surface area (Å²) < 4.78 is 11.0. The van der Waals surface area contributed by atoms with Crippen molar-refractivity contribution >= 4 is 5.91 Å². The maximum Gasteiger partial charge on any atom is 0.254 e. The Bertz CT molecular complexity index is 684. The fourth-order valence-electron chi connectivity index (χ4n) is 3.92. The number of rotatable bonds is 4. The zero-order chi connectivity index (χ0) is 18.5. The van der Waals surface area contributed by atoms with Gasteiger partial charge < -0.3 is 14.4 Å². The molecular formula is C22H26N2O3. The molecule has 0 aliphatic carbocycles. The number of carbonyl (C=O) groups excluding carboxylic acids is 1. The topological polar surface area (TPSA) is 42.0 Å². The number of amides is 1.